The monoisotopic (exact) mass is 352 g/mol. The van der Waals surface area contributed by atoms with E-state index in [2.05, 4.69) is 24.8 Å². The minimum Gasteiger partial charge on any atom is -0.204 e. The lowest BCUT2D eigenvalue weighted by Crippen LogP contribution is -2.26. The van der Waals surface area contributed by atoms with E-state index in [1.165, 1.54) is 49.3 Å². The van der Waals surface area contributed by atoms with Crippen LogP contribution in [0.5, 0.6) is 0 Å². The maximum absolute atomic E-state index is 14.1. The lowest BCUT2D eigenvalue weighted by atomic mass is 9.69. The van der Waals surface area contributed by atoms with Gasteiger partial charge in [0.05, 0.1) is 0 Å². The summed E-state index contributed by atoms with van der Waals surface area (Å²) in [6, 6.07) is 10.6. The van der Waals surface area contributed by atoms with Crippen molar-refractivity contribution in [2.45, 2.75) is 44.9 Å². The van der Waals surface area contributed by atoms with Crippen molar-refractivity contribution in [2.24, 2.45) is 17.8 Å². The van der Waals surface area contributed by atoms with E-state index in [1.807, 2.05) is 6.07 Å². The Kier molecular flexibility index (Phi) is 4.93. The molecule has 2 heteroatoms. The minimum absolute atomic E-state index is 0.359. The van der Waals surface area contributed by atoms with Crippen molar-refractivity contribution in [1.29, 1.82) is 0 Å². The molecule has 0 saturated heterocycles. The third-order valence-electron chi connectivity index (χ3n) is 6.55. The fourth-order valence-corrected chi connectivity index (χ4v) is 4.93. The van der Waals surface area contributed by atoms with Crippen molar-refractivity contribution >= 4 is 0 Å². The molecule has 0 heterocycles. The van der Waals surface area contributed by atoms with Gasteiger partial charge in [-0.2, -0.15) is 0 Å². The van der Waals surface area contributed by atoms with Crippen LogP contribution in [0.15, 0.2) is 49.1 Å². The molecule has 1 fully saturated rings. The van der Waals surface area contributed by atoms with Gasteiger partial charge < -0.3 is 0 Å². The normalized spacial score (nSPS) is 25.5. The summed E-state index contributed by atoms with van der Waals surface area (Å²) in [7, 11) is 0. The first-order valence-corrected chi connectivity index (χ1v) is 9.84. The highest BCUT2D eigenvalue weighted by Crippen LogP contribution is 2.40. The Morgan fingerprint density at radius 2 is 1.69 bits per heavy atom. The summed E-state index contributed by atoms with van der Waals surface area (Å²) in [6.07, 6.45) is 10.7. The van der Waals surface area contributed by atoms with Crippen LogP contribution in [-0.4, -0.2) is 0 Å². The van der Waals surface area contributed by atoms with Gasteiger partial charge in [0.1, 0.15) is 0 Å². The third-order valence-corrected chi connectivity index (χ3v) is 6.55. The van der Waals surface area contributed by atoms with Gasteiger partial charge in [-0.15, -0.1) is 6.58 Å². The van der Waals surface area contributed by atoms with Crippen LogP contribution >= 0.6 is 0 Å². The molecule has 136 valence electrons. The molecule has 1 saturated carbocycles. The van der Waals surface area contributed by atoms with Crippen LogP contribution in [0, 0.1) is 29.4 Å². The van der Waals surface area contributed by atoms with E-state index in [-0.39, 0.29) is 0 Å². The number of fused-ring (bicyclic) bond motifs is 1. The number of allylic oxidation sites excluding steroid dienone is 1. The van der Waals surface area contributed by atoms with Gasteiger partial charge >= 0.3 is 0 Å². The second kappa shape index (κ2) is 7.34. The fourth-order valence-electron chi connectivity index (χ4n) is 4.93. The highest BCUT2D eigenvalue weighted by molar-refractivity contribution is 5.66. The van der Waals surface area contributed by atoms with Crippen molar-refractivity contribution in [3.63, 3.8) is 0 Å². The quantitative estimate of drug-likeness (QED) is 0.537. The lowest BCUT2D eigenvalue weighted by Gasteiger charge is -2.36. The van der Waals surface area contributed by atoms with Crippen molar-refractivity contribution in [1.82, 2.24) is 0 Å². The molecule has 0 radical (unpaired) electrons. The van der Waals surface area contributed by atoms with Crippen LogP contribution in [0.3, 0.4) is 0 Å². The van der Waals surface area contributed by atoms with Crippen LogP contribution < -0.4 is 0 Å². The highest BCUT2D eigenvalue weighted by atomic mass is 19.2. The maximum atomic E-state index is 14.1. The van der Waals surface area contributed by atoms with E-state index in [0.29, 0.717) is 11.5 Å². The second-order valence-corrected chi connectivity index (χ2v) is 8.00. The molecule has 4 rings (SSSR count). The summed E-state index contributed by atoms with van der Waals surface area (Å²) in [5.74, 6) is 0.783. The van der Waals surface area contributed by atoms with E-state index in [0.717, 1.165) is 30.2 Å². The zero-order valence-corrected chi connectivity index (χ0v) is 15.2. The number of benzene rings is 2. The molecule has 2 aliphatic rings. The second-order valence-electron chi connectivity index (χ2n) is 8.00. The van der Waals surface area contributed by atoms with Gasteiger partial charge in [-0.3, -0.25) is 0 Å². The Morgan fingerprint density at radius 1 is 0.885 bits per heavy atom. The van der Waals surface area contributed by atoms with E-state index in [1.54, 1.807) is 12.1 Å². The Hall–Kier alpha value is -1.96. The Balaban J connectivity index is 1.51. The molecule has 0 amide bonds. The van der Waals surface area contributed by atoms with E-state index in [4.69, 9.17) is 0 Å². The number of aryl methyl sites for hydroxylation is 1. The number of halogens is 2. The molecule has 1 unspecified atom stereocenters. The van der Waals surface area contributed by atoms with Gasteiger partial charge in [0.15, 0.2) is 11.6 Å². The molecule has 2 aliphatic carbocycles. The molecule has 2 aromatic carbocycles. The SMILES string of the molecule is C=CC1CCC(C2CCc3cc(-c4cccc(F)c4F)ccc3C2)CC1. The zero-order chi connectivity index (χ0) is 18.1. The van der Waals surface area contributed by atoms with Crippen molar-refractivity contribution in [2.75, 3.05) is 0 Å². The van der Waals surface area contributed by atoms with Crippen LogP contribution in [0.4, 0.5) is 8.78 Å². The Morgan fingerprint density at radius 3 is 2.46 bits per heavy atom. The molecular weight excluding hydrogens is 326 g/mol. The van der Waals surface area contributed by atoms with Gasteiger partial charge in [-0.25, -0.2) is 8.78 Å². The molecule has 0 N–H and O–H groups in total. The number of hydrogen-bond donors (Lipinski definition) is 0. The van der Waals surface area contributed by atoms with Crippen LogP contribution in [0.25, 0.3) is 11.1 Å². The first-order chi connectivity index (χ1) is 12.7. The molecule has 0 spiro atoms. The summed E-state index contributed by atoms with van der Waals surface area (Å²) in [5.41, 5.74) is 3.85. The van der Waals surface area contributed by atoms with E-state index < -0.39 is 11.6 Å². The average Bonchev–Trinajstić information content (AvgIpc) is 2.69. The topological polar surface area (TPSA) is 0 Å². The first-order valence-electron chi connectivity index (χ1n) is 9.84. The summed E-state index contributed by atoms with van der Waals surface area (Å²) < 4.78 is 27.6. The third kappa shape index (κ3) is 3.34. The smallest absolute Gasteiger partial charge is 0.166 e. The van der Waals surface area contributed by atoms with Gasteiger partial charge in [0, 0.05) is 5.56 Å². The molecular formula is C24H26F2. The molecule has 26 heavy (non-hydrogen) atoms. The van der Waals surface area contributed by atoms with Gasteiger partial charge in [-0.05, 0) is 85.5 Å². The van der Waals surface area contributed by atoms with Gasteiger partial charge in [0.2, 0.25) is 0 Å². The van der Waals surface area contributed by atoms with Crippen molar-refractivity contribution < 1.29 is 8.78 Å². The summed E-state index contributed by atoms with van der Waals surface area (Å²) in [6.45, 7) is 3.95. The number of hydrogen-bond acceptors (Lipinski definition) is 0. The van der Waals surface area contributed by atoms with E-state index in [9.17, 15) is 8.78 Å². The summed E-state index contributed by atoms with van der Waals surface area (Å²) >= 11 is 0. The Bertz CT molecular complexity index is 800. The highest BCUT2D eigenvalue weighted by Gasteiger charge is 2.29. The van der Waals surface area contributed by atoms with Crippen molar-refractivity contribution in [3.05, 3.63) is 71.8 Å². The predicted octanol–water partition coefficient (Wildman–Crippen LogP) is 6.73. The molecule has 0 nitrogen and oxygen atoms in total. The average molecular weight is 352 g/mol. The molecule has 1 atom stereocenters. The predicted molar refractivity (Wildman–Crippen MR) is 103 cm³/mol. The fraction of sp³-hybridized carbons (Fsp3) is 0.417. The molecule has 0 aliphatic heterocycles. The van der Waals surface area contributed by atoms with E-state index >= 15 is 0 Å². The van der Waals surface area contributed by atoms with Crippen LogP contribution in [0.2, 0.25) is 0 Å². The minimum atomic E-state index is -0.782. The summed E-state index contributed by atoms with van der Waals surface area (Å²) in [4.78, 5) is 0. The van der Waals surface area contributed by atoms with Crippen LogP contribution in [0.1, 0.15) is 43.2 Å². The summed E-state index contributed by atoms with van der Waals surface area (Å²) in [5, 5.41) is 0. The number of rotatable bonds is 3. The molecule has 0 bridgehead atoms. The standard InChI is InChI=1S/C24H26F2/c1-2-16-6-8-17(9-7-16)18-10-11-20-15-21(13-12-19(20)14-18)22-4-3-5-23(25)24(22)26/h2-5,12-13,15-18H,1,6-11,14H2. The lowest BCUT2D eigenvalue weighted by molar-refractivity contribution is 0.206. The first kappa shape index (κ1) is 17.5. The van der Waals surface area contributed by atoms with Gasteiger partial charge in [-0.1, -0.05) is 36.4 Å². The molecule has 0 aromatic heterocycles. The zero-order valence-electron chi connectivity index (χ0n) is 15.2. The van der Waals surface area contributed by atoms with Gasteiger partial charge in [0.25, 0.3) is 0 Å². The Labute approximate surface area is 154 Å². The molecule has 2 aromatic rings. The van der Waals surface area contributed by atoms with Crippen LogP contribution in [-0.2, 0) is 12.8 Å². The van der Waals surface area contributed by atoms with Crippen molar-refractivity contribution in [3.8, 4) is 11.1 Å². The largest absolute Gasteiger partial charge is 0.204 e. The maximum Gasteiger partial charge on any atom is 0.166 e.